The van der Waals surface area contributed by atoms with Crippen LogP contribution < -0.4 is 0 Å². The van der Waals surface area contributed by atoms with E-state index in [9.17, 15) is 4.39 Å². The summed E-state index contributed by atoms with van der Waals surface area (Å²) < 4.78 is 18.7. The molecule has 1 aliphatic carbocycles. The highest BCUT2D eigenvalue weighted by molar-refractivity contribution is 6.30. The molecule has 3 rings (SSSR count). The normalized spacial score (nSPS) is 20.9. The second-order valence-corrected chi connectivity index (χ2v) is 7.15. The predicted molar refractivity (Wildman–Crippen MR) is 103 cm³/mol. The van der Waals surface area contributed by atoms with Gasteiger partial charge < -0.3 is 4.74 Å². The number of allylic oxidation sites excluding steroid dienone is 1. The summed E-state index contributed by atoms with van der Waals surface area (Å²) in [7, 11) is 1.73. The molecule has 0 radical (unpaired) electrons. The molecule has 0 aliphatic heterocycles. The predicted octanol–water partition coefficient (Wildman–Crippen LogP) is 6.62. The highest BCUT2D eigenvalue weighted by atomic mass is 35.5. The van der Waals surface area contributed by atoms with E-state index in [0.717, 1.165) is 11.1 Å². The molecule has 0 aromatic heterocycles. The summed E-state index contributed by atoms with van der Waals surface area (Å²) in [5, 5.41) is 0.164. The molecule has 0 atom stereocenters. The van der Waals surface area contributed by atoms with Gasteiger partial charge in [0.2, 0.25) is 0 Å². The fraction of sp³-hybridized carbons (Fsp3) is 0.364. The van der Waals surface area contributed by atoms with Crippen molar-refractivity contribution in [3.63, 3.8) is 0 Å². The van der Waals surface area contributed by atoms with Gasteiger partial charge in [0, 0.05) is 7.11 Å². The summed E-state index contributed by atoms with van der Waals surface area (Å²) in [6, 6.07) is 13.5. The fourth-order valence-electron chi connectivity index (χ4n) is 3.61. The first-order valence-electron chi connectivity index (χ1n) is 8.88. The van der Waals surface area contributed by atoms with E-state index in [2.05, 4.69) is 36.4 Å². The van der Waals surface area contributed by atoms with E-state index >= 15 is 0 Å². The maximum atomic E-state index is 13.6. The molecule has 0 amide bonds. The van der Waals surface area contributed by atoms with Crippen LogP contribution in [0.5, 0.6) is 0 Å². The van der Waals surface area contributed by atoms with Gasteiger partial charge in [-0.2, -0.15) is 0 Å². The maximum Gasteiger partial charge on any atom is 0.142 e. The first kappa shape index (κ1) is 18.2. The lowest BCUT2D eigenvalue weighted by Crippen LogP contribution is -2.11. The van der Waals surface area contributed by atoms with Crippen molar-refractivity contribution in [2.24, 2.45) is 5.92 Å². The summed E-state index contributed by atoms with van der Waals surface area (Å²) in [6.07, 6.45) is 9.33. The molecule has 2 aromatic rings. The highest BCUT2D eigenvalue weighted by Gasteiger charge is 2.20. The van der Waals surface area contributed by atoms with Crippen LogP contribution in [0.1, 0.15) is 37.2 Å². The molecule has 2 aromatic carbocycles. The van der Waals surface area contributed by atoms with Gasteiger partial charge in [0.1, 0.15) is 5.82 Å². The van der Waals surface area contributed by atoms with Gasteiger partial charge in [-0.15, -0.1) is 0 Å². The molecule has 1 nitrogen and oxygen atoms in total. The number of hydrogen-bond donors (Lipinski definition) is 0. The maximum absolute atomic E-state index is 13.6. The van der Waals surface area contributed by atoms with E-state index < -0.39 is 0 Å². The van der Waals surface area contributed by atoms with Crippen molar-refractivity contribution in [3.8, 4) is 11.1 Å². The quantitative estimate of drug-likeness (QED) is 0.545. The van der Waals surface area contributed by atoms with Crippen LogP contribution in [0.3, 0.4) is 0 Å². The monoisotopic (exact) mass is 358 g/mol. The molecule has 0 saturated heterocycles. The van der Waals surface area contributed by atoms with Gasteiger partial charge in [-0.3, -0.25) is 0 Å². The number of benzene rings is 2. The van der Waals surface area contributed by atoms with E-state index in [1.54, 1.807) is 13.2 Å². The average Bonchev–Trinajstić information content (AvgIpc) is 2.65. The summed E-state index contributed by atoms with van der Waals surface area (Å²) in [5.74, 6) is 0.939. The Kier molecular flexibility index (Phi) is 6.28. The SMILES string of the molecule is COC/C=C/C1CCC(c2ccc(-c3ccc(Cl)c(F)c3)cc2)CC1. The zero-order chi connectivity index (χ0) is 17.6. The lowest BCUT2D eigenvalue weighted by Gasteiger charge is -2.27. The fourth-order valence-corrected chi connectivity index (χ4v) is 3.73. The van der Waals surface area contributed by atoms with Crippen molar-refractivity contribution in [3.05, 3.63) is 71.0 Å². The molecule has 1 aliphatic rings. The second kappa shape index (κ2) is 8.64. The zero-order valence-electron chi connectivity index (χ0n) is 14.6. The minimum absolute atomic E-state index is 0.164. The Morgan fingerprint density at radius 1 is 1.04 bits per heavy atom. The van der Waals surface area contributed by atoms with Crippen molar-refractivity contribution < 1.29 is 9.13 Å². The van der Waals surface area contributed by atoms with Gasteiger partial charge in [0.15, 0.2) is 0 Å². The Morgan fingerprint density at radius 3 is 2.36 bits per heavy atom. The zero-order valence-corrected chi connectivity index (χ0v) is 15.3. The van der Waals surface area contributed by atoms with Crippen molar-refractivity contribution in [1.82, 2.24) is 0 Å². The Labute approximate surface area is 154 Å². The van der Waals surface area contributed by atoms with Gasteiger partial charge in [-0.05, 0) is 66.3 Å². The third-order valence-corrected chi connectivity index (χ3v) is 5.38. The Balaban J connectivity index is 1.62. The standard InChI is InChI=1S/C22H24ClFO/c1-25-14-2-3-16-4-6-17(7-5-16)18-8-10-19(11-9-18)20-12-13-21(23)22(24)15-20/h2-3,8-13,15-17H,4-7,14H2,1H3/b3-2+. The first-order chi connectivity index (χ1) is 12.2. The Hall–Kier alpha value is -1.64. The number of halogens is 2. The molecule has 3 heteroatoms. The van der Waals surface area contributed by atoms with E-state index in [1.165, 1.54) is 37.3 Å². The Bertz CT molecular complexity index is 715. The number of rotatable bonds is 5. The molecule has 0 unspecified atom stereocenters. The van der Waals surface area contributed by atoms with Gasteiger partial charge >= 0.3 is 0 Å². The van der Waals surface area contributed by atoms with Gasteiger partial charge in [-0.1, -0.05) is 54.1 Å². The molecule has 0 N–H and O–H groups in total. The minimum atomic E-state index is -0.372. The third-order valence-electron chi connectivity index (χ3n) is 5.08. The van der Waals surface area contributed by atoms with E-state index in [-0.39, 0.29) is 10.8 Å². The molecule has 0 spiro atoms. The van der Waals surface area contributed by atoms with Crippen LogP contribution in [0.2, 0.25) is 5.02 Å². The van der Waals surface area contributed by atoms with Crippen LogP contribution in [-0.4, -0.2) is 13.7 Å². The van der Waals surface area contributed by atoms with Crippen LogP contribution in [0.4, 0.5) is 4.39 Å². The summed E-state index contributed by atoms with van der Waals surface area (Å²) >= 11 is 5.76. The summed E-state index contributed by atoms with van der Waals surface area (Å²) in [4.78, 5) is 0. The molecule has 1 saturated carbocycles. The lowest BCUT2D eigenvalue weighted by molar-refractivity contribution is 0.233. The van der Waals surface area contributed by atoms with E-state index in [0.29, 0.717) is 18.4 Å². The minimum Gasteiger partial charge on any atom is -0.381 e. The third kappa shape index (κ3) is 4.71. The van der Waals surface area contributed by atoms with Crippen LogP contribution in [0.15, 0.2) is 54.6 Å². The Morgan fingerprint density at radius 2 is 1.72 bits per heavy atom. The molecule has 132 valence electrons. The molecule has 0 bridgehead atoms. The van der Waals surface area contributed by atoms with Crippen molar-refractivity contribution >= 4 is 11.6 Å². The highest BCUT2D eigenvalue weighted by Crippen LogP contribution is 2.37. The summed E-state index contributed by atoms with van der Waals surface area (Å²) in [5.41, 5.74) is 3.27. The smallest absolute Gasteiger partial charge is 0.142 e. The van der Waals surface area contributed by atoms with Crippen LogP contribution >= 0.6 is 11.6 Å². The van der Waals surface area contributed by atoms with Crippen molar-refractivity contribution in [1.29, 1.82) is 0 Å². The molecular formula is C22H24ClFO. The molecule has 0 heterocycles. The first-order valence-corrected chi connectivity index (χ1v) is 9.26. The lowest BCUT2D eigenvalue weighted by atomic mass is 9.78. The van der Waals surface area contributed by atoms with Crippen LogP contribution in [0, 0.1) is 11.7 Å². The molecule has 25 heavy (non-hydrogen) atoms. The van der Waals surface area contributed by atoms with Crippen LogP contribution in [-0.2, 0) is 4.74 Å². The number of methoxy groups -OCH3 is 1. The van der Waals surface area contributed by atoms with E-state index in [1.807, 2.05) is 6.07 Å². The van der Waals surface area contributed by atoms with Crippen molar-refractivity contribution in [2.75, 3.05) is 13.7 Å². The molecule has 1 fully saturated rings. The average molecular weight is 359 g/mol. The van der Waals surface area contributed by atoms with Crippen LogP contribution in [0.25, 0.3) is 11.1 Å². The second-order valence-electron chi connectivity index (χ2n) is 6.75. The van der Waals surface area contributed by atoms with Gasteiger partial charge in [-0.25, -0.2) is 4.39 Å². The largest absolute Gasteiger partial charge is 0.381 e. The van der Waals surface area contributed by atoms with Crippen molar-refractivity contribution in [2.45, 2.75) is 31.6 Å². The molecular weight excluding hydrogens is 335 g/mol. The van der Waals surface area contributed by atoms with Gasteiger partial charge in [0.05, 0.1) is 11.6 Å². The number of ether oxygens (including phenoxy) is 1. The van der Waals surface area contributed by atoms with Gasteiger partial charge in [0.25, 0.3) is 0 Å². The summed E-state index contributed by atoms with van der Waals surface area (Å²) in [6.45, 7) is 0.701. The topological polar surface area (TPSA) is 9.23 Å². The number of hydrogen-bond acceptors (Lipinski definition) is 1. The van der Waals surface area contributed by atoms with E-state index in [4.69, 9.17) is 16.3 Å².